The van der Waals surface area contributed by atoms with Crippen LogP contribution in [-0.4, -0.2) is 18.1 Å². The van der Waals surface area contributed by atoms with Crippen LogP contribution in [-0.2, 0) is 0 Å². The number of nitrogens with zero attached hydrogens (tertiary/aromatic N) is 1. The molecule has 0 atom stereocenters. The van der Waals surface area contributed by atoms with Gasteiger partial charge in [-0.15, -0.1) is 12.4 Å². The molecule has 1 aromatic heterocycles. The van der Waals surface area contributed by atoms with Gasteiger partial charge in [0.05, 0.1) is 6.20 Å². The molecule has 66 valence electrons. The lowest BCUT2D eigenvalue weighted by Gasteiger charge is -2.26. The van der Waals surface area contributed by atoms with Crippen molar-refractivity contribution in [1.82, 2.24) is 10.3 Å². The Morgan fingerprint density at radius 2 is 2.17 bits per heavy atom. The average Bonchev–Trinajstić information content (AvgIpc) is 1.83. The molecular formula is C8H10ClFN2. The van der Waals surface area contributed by atoms with Gasteiger partial charge >= 0.3 is 0 Å². The largest absolute Gasteiger partial charge is 0.315 e. The highest BCUT2D eigenvalue weighted by Gasteiger charge is 2.18. The van der Waals surface area contributed by atoms with Crippen LogP contribution in [0.25, 0.3) is 0 Å². The van der Waals surface area contributed by atoms with Crippen molar-refractivity contribution in [2.75, 3.05) is 13.1 Å². The van der Waals surface area contributed by atoms with Crippen LogP contribution in [0.5, 0.6) is 0 Å². The van der Waals surface area contributed by atoms with Gasteiger partial charge in [-0.2, -0.15) is 0 Å². The Hall–Kier alpha value is -0.670. The maximum atomic E-state index is 12.6. The second-order valence-electron chi connectivity index (χ2n) is 2.79. The monoisotopic (exact) mass is 188 g/mol. The highest BCUT2D eigenvalue weighted by molar-refractivity contribution is 5.85. The molecule has 1 fully saturated rings. The van der Waals surface area contributed by atoms with Crippen molar-refractivity contribution < 1.29 is 4.39 Å². The van der Waals surface area contributed by atoms with E-state index in [2.05, 4.69) is 10.3 Å². The Morgan fingerprint density at radius 3 is 2.67 bits per heavy atom. The van der Waals surface area contributed by atoms with Crippen molar-refractivity contribution in [3.63, 3.8) is 0 Å². The Labute approximate surface area is 76.6 Å². The molecule has 1 aromatic rings. The first-order valence-electron chi connectivity index (χ1n) is 3.67. The number of hydrogen-bond acceptors (Lipinski definition) is 2. The molecule has 1 aliphatic rings. The van der Waals surface area contributed by atoms with Crippen LogP contribution >= 0.6 is 12.4 Å². The maximum Gasteiger partial charge on any atom is 0.141 e. The van der Waals surface area contributed by atoms with E-state index < -0.39 is 0 Å². The molecule has 4 heteroatoms. The molecule has 0 aliphatic carbocycles. The topological polar surface area (TPSA) is 24.9 Å². The number of aromatic nitrogens is 1. The highest BCUT2D eigenvalue weighted by Crippen LogP contribution is 2.18. The fraction of sp³-hybridized carbons (Fsp3) is 0.375. The lowest BCUT2D eigenvalue weighted by atomic mass is 9.95. The van der Waals surface area contributed by atoms with Gasteiger partial charge in [-0.3, -0.25) is 4.98 Å². The summed E-state index contributed by atoms with van der Waals surface area (Å²) in [6.45, 7) is 1.90. The highest BCUT2D eigenvalue weighted by atomic mass is 35.5. The van der Waals surface area contributed by atoms with Crippen LogP contribution in [0.4, 0.5) is 4.39 Å². The zero-order valence-electron chi connectivity index (χ0n) is 6.46. The molecule has 12 heavy (non-hydrogen) atoms. The van der Waals surface area contributed by atoms with Crippen LogP contribution in [0.1, 0.15) is 11.5 Å². The third-order valence-electron chi connectivity index (χ3n) is 1.98. The first-order chi connectivity index (χ1) is 5.36. The molecule has 0 bridgehead atoms. The molecule has 0 saturated carbocycles. The van der Waals surface area contributed by atoms with Crippen LogP contribution in [0.3, 0.4) is 0 Å². The number of rotatable bonds is 1. The summed E-state index contributed by atoms with van der Waals surface area (Å²) >= 11 is 0. The molecule has 2 heterocycles. The average molecular weight is 189 g/mol. The van der Waals surface area contributed by atoms with E-state index in [0.717, 1.165) is 18.7 Å². The summed E-state index contributed by atoms with van der Waals surface area (Å²) in [6, 6.07) is 1.55. The van der Waals surface area contributed by atoms with Crippen LogP contribution in [0.15, 0.2) is 18.5 Å². The van der Waals surface area contributed by atoms with Crippen molar-refractivity contribution in [1.29, 1.82) is 0 Å². The van der Waals surface area contributed by atoms with Gasteiger partial charge in [-0.1, -0.05) is 0 Å². The van der Waals surface area contributed by atoms with Gasteiger partial charge in [0.1, 0.15) is 5.82 Å². The van der Waals surface area contributed by atoms with Crippen LogP contribution in [0.2, 0.25) is 0 Å². The van der Waals surface area contributed by atoms with Gasteiger partial charge in [0.15, 0.2) is 0 Å². The number of nitrogens with one attached hydrogen (secondary N) is 1. The lowest BCUT2D eigenvalue weighted by Crippen LogP contribution is -2.39. The van der Waals surface area contributed by atoms with Gasteiger partial charge < -0.3 is 5.32 Å². The summed E-state index contributed by atoms with van der Waals surface area (Å²) in [7, 11) is 0. The van der Waals surface area contributed by atoms with Crippen molar-refractivity contribution in [2.45, 2.75) is 5.92 Å². The zero-order valence-corrected chi connectivity index (χ0v) is 7.27. The van der Waals surface area contributed by atoms with Crippen molar-refractivity contribution in [3.8, 4) is 0 Å². The Balaban J connectivity index is 0.000000720. The van der Waals surface area contributed by atoms with Crippen molar-refractivity contribution in [2.24, 2.45) is 0 Å². The minimum absolute atomic E-state index is 0. The summed E-state index contributed by atoms with van der Waals surface area (Å²) in [5.41, 5.74) is 1.00. The molecule has 2 rings (SSSR count). The summed E-state index contributed by atoms with van der Waals surface area (Å²) in [5, 5.41) is 3.13. The van der Waals surface area contributed by atoms with Gasteiger partial charge in [0.2, 0.25) is 0 Å². The Bertz CT molecular complexity index is 263. The summed E-state index contributed by atoms with van der Waals surface area (Å²) in [5.74, 6) is 0.229. The standard InChI is InChI=1S/C8H9FN2.ClH/c9-8-1-6(2-11-5-8)7-3-10-4-7;/h1-2,5,7,10H,3-4H2;1H. The maximum absolute atomic E-state index is 12.6. The van der Waals surface area contributed by atoms with E-state index in [-0.39, 0.29) is 18.2 Å². The third kappa shape index (κ3) is 1.73. The third-order valence-corrected chi connectivity index (χ3v) is 1.98. The van der Waals surface area contributed by atoms with E-state index in [0.29, 0.717) is 5.92 Å². The number of pyridine rings is 1. The summed E-state index contributed by atoms with van der Waals surface area (Å²) in [6.07, 6.45) is 2.96. The number of hydrogen-bond donors (Lipinski definition) is 1. The molecule has 0 radical (unpaired) electrons. The predicted octanol–water partition coefficient (Wildman–Crippen LogP) is 1.33. The fourth-order valence-corrected chi connectivity index (χ4v) is 1.18. The van der Waals surface area contributed by atoms with E-state index in [1.807, 2.05) is 0 Å². The molecular weight excluding hydrogens is 179 g/mol. The van der Waals surface area contributed by atoms with Crippen molar-refractivity contribution in [3.05, 3.63) is 29.8 Å². The smallest absolute Gasteiger partial charge is 0.141 e. The summed E-state index contributed by atoms with van der Waals surface area (Å²) < 4.78 is 12.6. The van der Waals surface area contributed by atoms with E-state index in [1.54, 1.807) is 12.3 Å². The van der Waals surface area contributed by atoms with E-state index in [1.165, 1.54) is 6.20 Å². The van der Waals surface area contributed by atoms with Gasteiger partial charge in [-0.05, 0) is 11.6 Å². The Kier molecular flexibility index (Phi) is 3.00. The van der Waals surface area contributed by atoms with E-state index in [9.17, 15) is 4.39 Å². The van der Waals surface area contributed by atoms with Gasteiger partial charge in [0, 0.05) is 25.2 Å². The minimum atomic E-state index is -0.241. The molecule has 1 saturated heterocycles. The molecule has 0 unspecified atom stereocenters. The second-order valence-corrected chi connectivity index (χ2v) is 2.79. The fourth-order valence-electron chi connectivity index (χ4n) is 1.18. The molecule has 2 nitrogen and oxygen atoms in total. The zero-order chi connectivity index (χ0) is 7.68. The SMILES string of the molecule is Cl.Fc1cncc(C2CNC2)c1. The van der Waals surface area contributed by atoms with E-state index >= 15 is 0 Å². The van der Waals surface area contributed by atoms with Gasteiger partial charge in [-0.25, -0.2) is 4.39 Å². The normalized spacial score (nSPS) is 16.4. The predicted molar refractivity (Wildman–Crippen MR) is 47.1 cm³/mol. The summed E-state index contributed by atoms with van der Waals surface area (Å²) in [4.78, 5) is 3.78. The van der Waals surface area contributed by atoms with Crippen molar-refractivity contribution >= 4 is 12.4 Å². The Morgan fingerprint density at radius 1 is 1.42 bits per heavy atom. The molecule has 0 spiro atoms. The van der Waals surface area contributed by atoms with Crippen LogP contribution in [0, 0.1) is 5.82 Å². The molecule has 0 amide bonds. The molecule has 1 N–H and O–H groups in total. The number of halogens is 2. The second kappa shape index (κ2) is 3.83. The van der Waals surface area contributed by atoms with Crippen LogP contribution < -0.4 is 5.32 Å². The minimum Gasteiger partial charge on any atom is -0.315 e. The quantitative estimate of drug-likeness (QED) is 0.720. The molecule has 1 aliphatic heterocycles. The lowest BCUT2D eigenvalue weighted by molar-refractivity contribution is 0.445. The van der Waals surface area contributed by atoms with E-state index in [4.69, 9.17) is 0 Å². The van der Waals surface area contributed by atoms with Gasteiger partial charge in [0.25, 0.3) is 0 Å². The first kappa shape index (κ1) is 9.42. The first-order valence-corrected chi connectivity index (χ1v) is 3.67. The molecule has 0 aromatic carbocycles.